The lowest BCUT2D eigenvalue weighted by atomic mass is 10.1. The summed E-state index contributed by atoms with van der Waals surface area (Å²) in [5, 5.41) is 13.3. The average molecular weight is 1450 g/mol. The molecule has 108 heavy (non-hydrogen) atoms. The summed E-state index contributed by atoms with van der Waals surface area (Å²) >= 11 is 0. The minimum absolute atomic E-state index is 0.135. The molecule has 0 fully saturated rings. The van der Waals surface area contributed by atoms with Gasteiger partial charge in [-0.25, -0.2) is 34.5 Å². The summed E-state index contributed by atoms with van der Waals surface area (Å²) in [6.45, 7) is 27.1. The maximum Gasteiger partial charge on any atom is 0.356 e. The van der Waals surface area contributed by atoms with Gasteiger partial charge in [-0.2, -0.15) is 0 Å². The Morgan fingerprint density at radius 2 is 0.870 bits per heavy atom. The van der Waals surface area contributed by atoms with Gasteiger partial charge in [0.25, 0.3) is 5.82 Å². The van der Waals surface area contributed by atoms with Gasteiger partial charge in [0.15, 0.2) is 0 Å². The molecule has 0 aliphatic heterocycles. The van der Waals surface area contributed by atoms with Gasteiger partial charge in [-0.1, -0.05) is 36.9 Å². The number of amides is 2. The maximum absolute atomic E-state index is 11.9. The van der Waals surface area contributed by atoms with Crippen LogP contribution in [0.4, 0.5) is 16.4 Å². The molecule has 0 radical (unpaired) electrons. The van der Waals surface area contributed by atoms with Crippen LogP contribution < -0.4 is 14.8 Å². The van der Waals surface area contributed by atoms with Crippen LogP contribution in [-0.2, 0) is 4.74 Å². The number of rotatable bonds is 14. The average Bonchev–Trinajstić information content (AvgIpc) is 1.70. The van der Waals surface area contributed by atoms with Crippen LogP contribution in [0.1, 0.15) is 83.2 Å². The third kappa shape index (κ3) is 22.7. The van der Waals surface area contributed by atoms with Crippen LogP contribution in [0, 0.1) is 55.0 Å². The zero-order valence-corrected chi connectivity index (χ0v) is 62.3. The number of ether oxygens (including phenoxy) is 3. The number of hydrogen-bond acceptors (Lipinski definition) is 19. The van der Waals surface area contributed by atoms with Gasteiger partial charge < -0.3 is 65.0 Å². The van der Waals surface area contributed by atoms with Gasteiger partial charge in [0.2, 0.25) is 5.88 Å². The van der Waals surface area contributed by atoms with Crippen LogP contribution in [0.15, 0.2) is 256 Å². The molecule has 0 saturated carbocycles. The summed E-state index contributed by atoms with van der Waals surface area (Å²) in [5.74, 6) is 13.0. The third-order valence-corrected chi connectivity index (χ3v) is 15.9. The number of fused-ring (bicyclic) bond motifs is 1. The summed E-state index contributed by atoms with van der Waals surface area (Å²) < 4.78 is 52.8. The van der Waals surface area contributed by atoms with E-state index in [1.807, 2.05) is 202 Å². The van der Waals surface area contributed by atoms with Crippen molar-refractivity contribution in [3.05, 3.63) is 288 Å². The van der Waals surface area contributed by atoms with Crippen molar-refractivity contribution in [2.75, 3.05) is 39.7 Å². The number of nitrogens with zero attached hydrogens (tertiary/aromatic N) is 8. The number of aromatic amines is 1. The highest BCUT2D eigenvalue weighted by atomic mass is 16.5. The second-order valence-corrected chi connectivity index (χ2v) is 24.0. The Balaban J connectivity index is 0.000000146. The first-order valence-electron chi connectivity index (χ1n) is 34.3. The topological polar surface area (TPSA) is 287 Å². The third-order valence-electron chi connectivity index (χ3n) is 15.9. The van der Waals surface area contributed by atoms with E-state index in [1.165, 1.54) is 19.6 Å². The Hall–Kier alpha value is -13.6. The minimum atomic E-state index is -0.442. The number of carbonyl (C=O) groups is 2. The standard InChI is InChI=1S/C15H19N3O2.C13H11NO.C13H14O2.C12H11NO3.C11H8N2O.C11H11NO2.C10H10N2O2/c1-4-18(5-2)15(19)17-14-9-7-12(10-16-14)13-8-6-11(3)20-13;1-9-2-5-13(15-9)11-3-4-12-10(8-11)6-7-14-12;1-9-3-8-13(15-9)12-6-4-11(5-7-12)10(2)14;1-8-3-6-11(16-8)9-4-5-10(13-7-9)12(14)15-2;1-8-3-5-10(14-8)9-4-6-11(12-2)13-7-9;1-8-3-5-10(14-8)9-4-6-11(13-2)12-7-9;1-7-3-4-9(14-7)8-5-11-10(13-2)12-6-8/h6-10H,4-5H2,1-3H3,(H,16,17,19);2-8,14H,1H3;3-8,10,14H,1-2H3;3-7H,1-2H3;3-7H,1H3;3-7H,1-2H3;3-6H,1-2H3. The molecule has 2 aromatic carbocycles. The molecule has 1 atom stereocenters. The van der Waals surface area contributed by atoms with Gasteiger partial charge in [-0.3, -0.25) is 5.32 Å². The Morgan fingerprint density at radius 1 is 0.463 bits per heavy atom. The first kappa shape index (κ1) is 78.5. The molecule has 0 bridgehead atoms. The molecule has 0 aliphatic carbocycles. The molecule has 0 spiro atoms. The molecule has 23 heteroatoms. The maximum atomic E-state index is 11.9. The molecule has 0 saturated heterocycles. The number of H-pyrrole nitrogens is 1. The van der Waals surface area contributed by atoms with E-state index in [0.29, 0.717) is 36.6 Å². The fraction of sp³-hybridized carbons (Fsp3) is 0.188. The van der Waals surface area contributed by atoms with Gasteiger partial charge in [0.1, 0.15) is 98.4 Å². The minimum Gasteiger partial charge on any atom is -0.481 e. The van der Waals surface area contributed by atoms with Gasteiger partial charge in [-0.15, -0.1) is 4.98 Å². The fourth-order valence-electron chi connectivity index (χ4n) is 10.1. The van der Waals surface area contributed by atoms with Crippen molar-refractivity contribution in [3.8, 4) is 91.2 Å². The molecule has 13 heterocycles. The summed E-state index contributed by atoms with van der Waals surface area (Å²) in [7, 11) is 4.46. The molecule has 2 amide bonds. The highest BCUT2D eigenvalue weighted by Gasteiger charge is 2.14. The van der Waals surface area contributed by atoms with E-state index in [-0.39, 0.29) is 11.7 Å². The lowest BCUT2D eigenvalue weighted by Gasteiger charge is -2.18. The molecule has 552 valence electrons. The molecule has 13 aromatic heterocycles. The van der Waals surface area contributed by atoms with Crippen molar-refractivity contribution in [2.45, 2.75) is 75.3 Å². The van der Waals surface area contributed by atoms with Crippen LogP contribution in [0.5, 0.6) is 11.9 Å². The number of aromatic nitrogens is 7. The number of esters is 1. The van der Waals surface area contributed by atoms with Crippen LogP contribution in [-0.4, -0.2) is 91.3 Å². The molecule has 15 aromatic rings. The Kier molecular flexibility index (Phi) is 28.2. The summed E-state index contributed by atoms with van der Waals surface area (Å²) in [5.41, 5.74) is 8.93. The van der Waals surface area contributed by atoms with Gasteiger partial charge in [0.05, 0.1) is 38.6 Å². The van der Waals surface area contributed by atoms with Crippen molar-refractivity contribution in [1.82, 2.24) is 39.8 Å². The van der Waals surface area contributed by atoms with Crippen LogP contribution in [0.25, 0.3) is 95.0 Å². The van der Waals surface area contributed by atoms with Gasteiger partial charge >= 0.3 is 18.0 Å². The van der Waals surface area contributed by atoms with Crippen LogP contribution in [0.2, 0.25) is 0 Å². The number of urea groups is 1. The van der Waals surface area contributed by atoms with E-state index < -0.39 is 12.1 Å². The van der Waals surface area contributed by atoms with Crippen molar-refractivity contribution in [3.63, 3.8) is 0 Å². The Labute approximate surface area is 625 Å². The molecule has 1 unspecified atom stereocenters. The lowest BCUT2D eigenvalue weighted by molar-refractivity contribution is 0.0594. The Bertz CT molecular complexity index is 5200. The zero-order chi connectivity index (χ0) is 77.1. The SMILES string of the molecule is CCN(CC)C(=O)Nc1ccc(-c2ccc(C)o2)cn1.COC(=O)c1ccc(-c2ccc(C)o2)cn1.COc1ccc(-c2ccc(C)o2)cn1.COc1ncc(-c2ccc(C)o2)cn1.Cc1ccc(-c2ccc(C(C)O)cc2)o1.Cc1ccc(-c2ccc3[nH]ccc3c2)o1.[C-]#[N+]c1ccc(-c2ccc(C)o2)cn1. The second kappa shape index (κ2) is 38.8. The normalized spacial score (nSPS) is 10.6. The van der Waals surface area contributed by atoms with E-state index in [9.17, 15) is 14.7 Å². The summed E-state index contributed by atoms with van der Waals surface area (Å²) in [6, 6.07) is 57.5. The van der Waals surface area contributed by atoms with Crippen molar-refractivity contribution in [1.29, 1.82) is 0 Å². The number of aliphatic hydroxyl groups is 1. The van der Waals surface area contributed by atoms with Gasteiger partial charge in [0, 0.05) is 95.1 Å². The molecule has 15 rings (SSSR count). The smallest absolute Gasteiger partial charge is 0.356 e. The zero-order valence-electron chi connectivity index (χ0n) is 62.3. The van der Waals surface area contributed by atoms with Gasteiger partial charge in [-0.05, 0) is 220 Å². The number of methoxy groups -OCH3 is 3. The van der Waals surface area contributed by atoms with Crippen LogP contribution >= 0.6 is 0 Å². The number of anilines is 1. The van der Waals surface area contributed by atoms with E-state index in [2.05, 4.69) is 74.1 Å². The second-order valence-electron chi connectivity index (χ2n) is 24.0. The predicted molar refractivity (Wildman–Crippen MR) is 414 cm³/mol. The van der Waals surface area contributed by atoms with E-state index in [4.69, 9.17) is 47.0 Å². The quantitative estimate of drug-likeness (QED) is 0.0673. The van der Waals surface area contributed by atoms with E-state index in [0.717, 1.165) is 131 Å². The largest absolute Gasteiger partial charge is 0.481 e. The van der Waals surface area contributed by atoms with Crippen molar-refractivity contribution >= 4 is 34.5 Å². The number of aryl methyl sites for hydroxylation is 7. The molecule has 3 N–H and O–H groups in total. The summed E-state index contributed by atoms with van der Waals surface area (Å²) in [4.78, 5) is 55.4. The van der Waals surface area contributed by atoms with Crippen LogP contribution in [0.3, 0.4) is 0 Å². The number of pyridine rings is 4. The van der Waals surface area contributed by atoms with E-state index in [1.54, 1.807) is 80.4 Å². The number of benzene rings is 2. The number of nitrogens with one attached hydrogen (secondary N) is 2. The van der Waals surface area contributed by atoms with E-state index >= 15 is 0 Å². The number of hydrogen-bond donors (Lipinski definition) is 3. The molecular formula is C85H84N10O13. The Morgan fingerprint density at radius 3 is 1.24 bits per heavy atom. The number of aliphatic hydroxyl groups excluding tert-OH is 1. The predicted octanol–water partition coefficient (Wildman–Crippen LogP) is 20.9. The molecular weight excluding hydrogens is 1370 g/mol. The monoisotopic (exact) mass is 1450 g/mol. The fourth-order valence-corrected chi connectivity index (χ4v) is 10.1. The number of carbonyl (C=O) groups excluding carboxylic acids is 2. The first-order valence-corrected chi connectivity index (χ1v) is 34.3. The lowest BCUT2D eigenvalue weighted by Crippen LogP contribution is -2.34. The highest BCUT2D eigenvalue weighted by molar-refractivity contribution is 5.89. The number of furan rings is 7. The summed E-state index contributed by atoms with van der Waals surface area (Å²) in [6.07, 6.45) is 11.5. The van der Waals surface area contributed by atoms with Crippen molar-refractivity contribution < 1.29 is 59.8 Å². The van der Waals surface area contributed by atoms with Crippen molar-refractivity contribution in [2.24, 2.45) is 0 Å². The first-order chi connectivity index (χ1) is 52.2. The molecule has 0 aliphatic rings. The molecule has 23 nitrogen and oxygen atoms in total. The highest BCUT2D eigenvalue weighted by Crippen LogP contribution is 2.30.